The molecule has 0 aromatic rings. The molecule has 1 unspecified atom stereocenters. The summed E-state index contributed by atoms with van der Waals surface area (Å²) in [5.74, 6) is -0.927. The van der Waals surface area contributed by atoms with Gasteiger partial charge in [-0.25, -0.2) is 0 Å². The molecule has 0 aromatic carbocycles. The van der Waals surface area contributed by atoms with Crippen LogP contribution in [0.2, 0.25) is 0 Å². The Morgan fingerprint density at radius 3 is 1.40 bits per heavy atom. The fraction of sp³-hybridized carbons (Fsp3) is 0.760. The maximum Gasteiger partial charge on any atom is 0.306 e. The molecule has 0 fully saturated rings. The van der Waals surface area contributed by atoms with E-state index in [0.29, 0.717) is 23.9 Å². The number of hydrogen-bond donors (Lipinski definition) is 0. The Bertz CT molecular complexity index is 1210. The van der Waals surface area contributed by atoms with Gasteiger partial charge >= 0.3 is 11.9 Å². The third-order valence-electron chi connectivity index (χ3n) is 10.0. The Balaban J connectivity index is 4.42. The van der Waals surface area contributed by atoms with Crippen LogP contribution in [0.5, 0.6) is 0 Å². The van der Waals surface area contributed by atoms with Crippen molar-refractivity contribution in [3.63, 3.8) is 0 Å². The fourth-order valence-corrected chi connectivity index (χ4v) is 6.96. The second-order valence-electron chi connectivity index (χ2n) is 17.1. The Morgan fingerprint density at radius 1 is 0.517 bits per heavy atom. The molecule has 0 amide bonds. The van der Waals surface area contributed by atoms with Crippen LogP contribution in [0.25, 0.3) is 0 Å². The summed E-state index contributed by atoms with van der Waals surface area (Å²) in [6.07, 6.45) is 51.2. The predicted molar refractivity (Wildman–Crippen MR) is 250 cm³/mol. The highest BCUT2D eigenvalue weighted by Gasteiger charge is 2.21. The summed E-state index contributed by atoms with van der Waals surface area (Å²) in [6, 6.07) is 0. The Hall–Kier alpha value is -2.29. The van der Waals surface area contributed by atoms with Crippen molar-refractivity contribution in [1.29, 1.82) is 0 Å². The number of ether oxygens (including phenoxy) is 2. The first kappa shape index (κ1) is 57.7. The lowest BCUT2D eigenvalue weighted by Gasteiger charge is -2.28. The highest BCUT2D eigenvalue weighted by atomic mass is 31.2. The number of allylic oxidation sites excluding steroid dienone is 10. The molecule has 10 heteroatoms. The molecule has 0 aromatic heterocycles. The number of nitrogens with zero attached hydrogens (tertiary/aromatic N) is 1. The van der Waals surface area contributed by atoms with Crippen molar-refractivity contribution in [2.45, 2.75) is 200 Å². The van der Waals surface area contributed by atoms with E-state index in [0.717, 1.165) is 44.9 Å². The fourth-order valence-electron chi connectivity index (χ4n) is 6.23. The average molecular weight is 864 g/mol. The van der Waals surface area contributed by atoms with Gasteiger partial charge in [0.15, 0.2) is 6.10 Å². The third-order valence-corrected chi connectivity index (χ3v) is 11.0. The van der Waals surface area contributed by atoms with Crippen molar-refractivity contribution in [1.82, 2.24) is 0 Å². The molecule has 0 N–H and O–H groups in total. The van der Waals surface area contributed by atoms with Crippen LogP contribution in [0, 0.1) is 0 Å². The number of carbonyl (C=O) groups is 2. The maximum atomic E-state index is 12.7. The largest absolute Gasteiger partial charge is 0.756 e. The molecule has 0 rings (SSSR count). The number of likely N-dealkylation sites (N-methyl/N-ethyl adjacent to an activating group) is 1. The standard InChI is InChI=1S/C50H90NO8P/c1-6-8-10-12-14-16-18-20-22-23-24-25-26-27-29-30-32-34-36-38-40-42-49(52)56-46-48(47-58-60(54,55)57-45-44-51(3,4)5)59-50(53)43-41-39-37-35-33-31-28-21-19-17-15-13-11-9-7-2/h22-23,25-26,29-30,33-36,48H,6-21,24,27-28,31-32,37-47H2,1-5H3/b23-22+,26-25+,30-29+,35-33+,36-34+/t48-/m0/s1. The molecular formula is C50H90NO8P. The predicted octanol–water partition coefficient (Wildman–Crippen LogP) is 13.4. The maximum absolute atomic E-state index is 12.7. The summed E-state index contributed by atoms with van der Waals surface area (Å²) in [7, 11) is 1.12. The van der Waals surface area contributed by atoms with Gasteiger partial charge < -0.3 is 27.9 Å². The number of rotatable bonds is 43. The number of quaternary nitrogens is 1. The number of phosphoric acid groups is 1. The first-order valence-electron chi connectivity index (χ1n) is 24.0. The SMILES string of the molecule is CCCCCCCCC/C=C/C/C=C/C/C=C/C/C=C/CCCC(=O)OC[C@@H](COP(=O)([O-])OCC[N+](C)(C)C)OC(=O)CCCC/C=C/CCCCCCCCCCC. The Labute approximate surface area is 368 Å². The van der Waals surface area contributed by atoms with Gasteiger partial charge in [0.25, 0.3) is 7.82 Å². The number of hydrogen-bond acceptors (Lipinski definition) is 8. The van der Waals surface area contributed by atoms with Crippen LogP contribution in [-0.4, -0.2) is 70.0 Å². The molecule has 2 atom stereocenters. The van der Waals surface area contributed by atoms with E-state index in [-0.39, 0.29) is 26.1 Å². The van der Waals surface area contributed by atoms with Crippen molar-refractivity contribution >= 4 is 19.8 Å². The highest BCUT2D eigenvalue weighted by molar-refractivity contribution is 7.45. The number of unbranched alkanes of at least 4 members (excludes halogenated alkanes) is 19. The minimum absolute atomic E-state index is 0.0447. The van der Waals surface area contributed by atoms with Gasteiger partial charge in [-0.3, -0.25) is 14.2 Å². The molecule has 0 aliphatic rings. The number of carbonyl (C=O) groups excluding carboxylic acids is 2. The zero-order valence-electron chi connectivity index (χ0n) is 39.1. The molecule has 348 valence electrons. The number of esters is 2. The lowest BCUT2D eigenvalue weighted by molar-refractivity contribution is -0.870. The molecule has 0 bridgehead atoms. The van der Waals surface area contributed by atoms with Crippen LogP contribution in [-0.2, 0) is 32.7 Å². The molecule has 0 aliphatic heterocycles. The summed E-state index contributed by atoms with van der Waals surface area (Å²) < 4.78 is 33.9. The van der Waals surface area contributed by atoms with Gasteiger partial charge in [-0.05, 0) is 77.0 Å². The van der Waals surface area contributed by atoms with Crippen LogP contribution in [0.1, 0.15) is 194 Å². The molecule has 0 radical (unpaired) electrons. The van der Waals surface area contributed by atoms with Gasteiger partial charge in [-0.2, -0.15) is 0 Å². The van der Waals surface area contributed by atoms with E-state index in [1.54, 1.807) is 0 Å². The van der Waals surface area contributed by atoms with Crippen molar-refractivity contribution in [3.05, 3.63) is 60.8 Å². The second kappa shape index (κ2) is 42.0. The quantitative estimate of drug-likeness (QED) is 0.0196. The summed E-state index contributed by atoms with van der Waals surface area (Å²) in [5.41, 5.74) is 0. The molecular weight excluding hydrogens is 774 g/mol. The van der Waals surface area contributed by atoms with Gasteiger partial charge in [0.1, 0.15) is 19.8 Å². The monoisotopic (exact) mass is 864 g/mol. The molecule has 0 heterocycles. The number of phosphoric ester groups is 1. The first-order chi connectivity index (χ1) is 29.0. The topological polar surface area (TPSA) is 111 Å². The lowest BCUT2D eigenvalue weighted by Crippen LogP contribution is -2.37. The van der Waals surface area contributed by atoms with Gasteiger partial charge in [-0.1, -0.05) is 164 Å². The minimum atomic E-state index is -4.65. The van der Waals surface area contributed by atoms with Crippen molar-refractivity contribution in [2.75, 3.05) is 47.5 Å². The zero-order chi connectivity index (χ0) is 44.3. The van der Waals surface area contributed by atoms with Crippen LogP contribution in [0.15, 0.2) is 60.8 Å². The van der Waals surface area contributed by atoms with E-state index in [4.69, 9.17) is 18.5 Å². The van der Waals surface area contributed by atoms with Crippen LogP contribution >= 0.6 is 7.82 Å². The highest BCUT2D eigenvalue weighted by Crippen LogP contribution is 2.38. The average Bonchev–Trinajstić information content (AvgIpc) is 3.20. The third kappa shape index (κ3) is 45.2. The lowest BCUT2D eigenvalue weighted by atomic mass is 10.1. The van der Waals surface area contributed by atoms with Crippen LogP contribution in [0.4, 0.5) is 0 Å². The van der Waals surface area contributed by atoms with Crippen LogP contribution < -0.4 is 4.89 Å². The first-order valence-corrected chi connectivity index (χ1v) is 25.5. The minimum Gasteiger partial charge on any atom is -0.756 e. The van der Waals surface area contributed by atoms with Gasteiger partial charge in [0.2, 0.25) is 0 Å². The van der Waals surface area contributed by atoms with E-state index < -0.39 is 32.5 Å². The second-order valence-corrected chi connectivity index (χ2v) is 18.5. The Kier molecular flexibility index (Phi) is 40.4. The smallest absolute Gasteiger partial charge is 0.306 e. The molecule has 60 heavy (non-hydrogen) atoms. The van der Waals surface area contributed by atoms with E-state index >= 15 is 0 Å². The van der Waals surface area contributed by atoms with E-state index in [1.807, 2.05) is 21.1 Å². The van der Waals surface area contributed by atoms with Gasteiger partial charge in [-0.15, -0.1) is 0 Å². The summed E-state index contributed by atoms with van der Waals surface area (Å²) in [5, 5.41) is 0. The molecule has 0 aliphatic carbocycles. The van der Waals surface area contributed by atoms with E-state index in [1.165, 1.54) is 109 Å². The molecule has 9 nitrogen and oxygen atoms in total. The molecule has 0 saturated heterocycles. The normalized spacial score (nSPS) is 14.0. The summed E-state index contributed by atoms with van der Waals surface area (Å²) >= 11 is 0. The van der Waals surface area contributed by atoms with Gasteiger partial charge in [0.05, 0.1) is 27.7 Å². The zero-order valence-corrected chi connectivity index (χ0v) is 40.0. The Morgan fingerprint density at radius 2 is 0.917 bits per heavy atom. The molecule has 0 saturated carbocycles. The van der Waals surface area contributed by atoms with Gasteiger partial charge in [0, 0.05) is 12.8 Å². The van der Waals surface area contributed by atoms with E-state index in [2.05, 4.69) is 74.6 Å². The van der Waals surface area contributed by atoms with Crippen molar-refractivity contribution in [3.8, 4) is 0 Å². The van der Waals surface area contributed by atoms with Crippen LogP contribution in [0.3, 0.4) is 0 Å². The van der Waals surface area contributed by atoms with E-state index in [9.17, 15) is 19.0 Å². The molecule has 0 spiro atoms. The van der Waals surface area contributed by atoms with Crippen molar-refractivity contribution in [2.24, 2.45) is 0 Å². The summed E-state index contributed by atoms with van der Waals surface area (Å²) in [6.45, 7) is 4.14. The van der Waals surface area contributed by atoms with Crippen molar-refractivity contribution < 1.29 is 42.1 Å². The summed E-state index contributed by atoms with van der Waals surface area (Å²) in [4.78, 5) is 37.6.